The minimum absolute atomic E-state index is 0.100. The zero-order chi connectivity index (χ0) is 13.3. The van der Waals surface area contributed by atoms with Crippen molar-refractivity contribution in [2.75, 3.05) is 13.2 Å². The summed E-state index contributed by atoms with van der Waals surface area (Å²) in [5.74, 6) is 0.182. The number of epoxide rings is 1. The quantitative estimate of drug-likeness (QED) is 0.570. The van der Waals surface area contributed by atoms with E-state index < -0.39 is 11.0 Å². The van der Waals surface area contributed by atoms with Crippen LogP contribution >= 0.6 is 0 Å². The van der Waals surface area contributed by atoms with E-state index in [2.05, 4.69) is 13.8 Å². The van der Waals surface area contributed by atoms with E-state index in [0.717, 1.165) is 6.42 Å². The Morgan fingerprint density at radius 1 is 1.47 bits per heavy atom. The molecule has 0 spiro atoms. The molecule has 2 unspecified atom stereocenters. The monoisotopic (exact) mass is 243 g/mol. The van der Waals surface area contributed by atoms with Crippen LogP contribution in [0.25, 0.3) is 0 Å². The first-order valence-electron chi connectivity index (χ1n) is 6.24. The van der Waals surface area contributed by atoms with Gasteiger partial charge in [-0.15, -0.1) is 0 Å². The van der Waals surface area contributed by atoms with E-state index in [1.807, 2.05) is 20.8 Å². The van der Waals surface area contributed by atoms with Crippen LogP contribution in [-0.2, 0) is 14.3 Å². The first-order chi connectivity index (χ1) is 7.67. The Morgan fingerprint density at radius 3 is 2.35 bits per heavy atom. The molecule has 17 heavy (non-hydrogen) atoms. The smallest absolute Gasteiger partial charge is 0.313 e. The molecule has 1 aliphatic rings. The lowest BCUT2D eigenvalue weighted by Gasteiger charge is -2.40. The van der Waals surface area contributed by atoms with Gasteiger partial charge in [0.05, 0.1) is 12.0 Å². The number of hydrogen-bond donors (Lipinski definition) is 1. The van der Waals surface area contributed by atoms with Gasteiger partial charge >= 0.3 is 5.97 Å². The maximum atomic E-state index is 12.2. The van der Waals surface area contributed by atoms with E-state index in [-0.39, 0.29) is 12.1 Å². The number of rotatable bonds is 6. The molecule has 0 bridgehead atoms. The highest BCUT2D eigenvalue weighted by Crippen LogP contribution is 2.37. The van der Waals surface area contributed by atoms with Crippen molar-refractivity contribution in [1.82, 2.24) is 0 Å². The van der Waals surface area contributed by atoms with Crippen LogP contribution < -0.4 is 5.73 Å². The van der Waals surface area contributed by atoms with Crippen molar-refractivity contribution < 1.29 is 14.3 Å². The van der Waals surface area contributed by atoms with Gasteiger partial charge in [-0.1, -0.05) is 13.8 Å². The third kappa shape index (κ3) is 3.68. The number of carbonyl (C=O) groups is 1. The van der Waals surface area contributed by atoms with Gasteiger partial charge in [-0.3, -0.25) is 4.79 Å². The standard InChI is InChI=1S/C13H25NO3/c1-9(2)6-13(5,12(3,4)14)11(15)17-8-10-7-16-10/h9-10H,6-8,14H2,1-5H3. The lowest BCUT2D eigenvalue weighted by Crippen LogP contribution is -2.55. The molecule has 0 amide bonds. The minimum atomic E-state index is -0.657. The van der Waals surface area contributed by atoms with Crippen LogP contribution in [0, 0.1) is 11.3 Å². The molecular formula is C13H25NO3. The SMILES string of the molecule is CC(C)CC(C)(C(=O)OCC1CO1)C(C)(C)N. The van der Waals surface area contributed by atoms with Crippen molar-refractivity contribution in [2.45, 2.75) is 52.7 Å². The molecule has 4 heteroatoms. The second kappa shape index (κ2) is 4.94. The lowest BCUT2D eigenvalue weighted by atomic mass is 9.68. The van der Waals surface area contributed by atoms with Crippen molar-refractivity contribution in [3.05, 3.63) is 0 Å². The third-order valence-corrected chi connectivity index (χ3v) is 3.49. The average molecular weight is 243 g/mol. The summed E-state index contributed by atoms with van der Waals surface area (Å²) in [5.41, 5.74) is 4.90. The van der Waals surface area contributed by atoms with E-state index in [9.17, 15) is 4.79 Å². The molecular weight excluding hydrogens is 218 g/mol. The summed E-state index contributed by atoms with van der Waals surface area (Å²) in [6, 6.07) is 0. The molecule has 1 fully saturated rings. The Morgan fingerprint density at radius 2 is 2.00 bits per heavy atom. The predicted octanol–water partition coefficient (Wildman–Crippen LogP) is 1.72. The molecule has 1 rings (SSSR count). The van der Waals surface area contributed by atoms with Gasteiger partial charge in [-0.05, 0) is 33.1 Å². The molecule has 1 aliphatic heterocycles. The molecule has 0 radical (unpaired) electrons. The number of nitrogens with two attached hydrogens (primary N) is 1. The summed E-state index contributed by atoms with van der Waals surface area (Å²) in [4.78, 5) is 12.2. The van der Waals surface area contributed by atoms with Gasteiger partial charge < -0.3 is 15.2 Å². The minimum Gasteiger partial charge on any atom is -0.462 e. The molecule has 1 heterocycles. The Bertz CT molecular complexity index is 279. The van der Waals surface area contributed by atoms with Crippen LogP contribution in [-0.4, -0.2) is 30.8 Å². The highest BCUT2D eigenvalue weighted by Gasteiger charge is 2.46. The Hall–Kier alpha value is -0.610. The van der Waals surface area contributed by atoms with Gasteiger partial charge in [-0.2, -0.15) is 0 Å². The van der Waals surface area contributed by atoms with Crippen molar-refractivity contribution >= 4 is 5.97 Å². The molecule has 0 aliphatic carbocycles. The normalized spacial score (nSPS) is 23.4. The van der Waals surface area contributed by atoms with Crippen molar-refractivity contribution in [1.29, 1.82) is 0 Å². The first kappa shape index (κ1) is 14.5. The third-order valence-electron chi connectivity index (χ3n) is 3.49. The van der Waals surface area contributed by atoms with Gasteiger partial charge in [0.25, 0.3) is 0 Å². The molecule has 0 saturated carbocycles. The van der Waals surface area contributed by atoms with Gasteiger partial charge in [0.15, 0.2) is 0 Å². The van der Waals surface area contributed by atoms with E-state index in [0.29, 0.717) is 19.1 Å². The van der Waals surface area contributed by atoms with Gasteiger partial charge in [-0.25, -0.2) is 0 Å². The van der Waals surface area contributed by atoms with Crippen molar-refractivity contribution in [3.63, 3.8) is 0 Å². The topological polar surface area (TPSA) is 64.8 Å². The van der Waals surface area contributed by atoms with Gasteiger partial charge in [0.1, 0.15) is 12.7 Å². The molecule has 0 aromatic carbocycles. The molecule has 2 N–H and O–H groups in total. The fourth-order valence-corrected chi connectivity index (χ4v) is 1.92. The van der Waals surface area contributed by atoms with Crippen LogP contribution in [0.4, 0.5) is 0 Å². The van der Waals surface area contributed by atoms with Gasteiger partial charge in [0.2, 0.25) is 0 Å². The van der Waals surface area contributed by atoms with E-state index in [1.165, 1.54) is 0 Å². The maximum Gasteiger partial charge on any atom is 0.313 e. The summed E-state index contributed by atoms with van der Waals surface area (Å²) in [7, 11) is 0. The first-order valence-corrected chi connectivity index (χ1v) is 6.24. The molecule has 4 nitrogen and oxygen atoms in total. The second-order valence-corrected chi connectivity index (χ2v) is 6.21. The predicted molar refractivity (Wildman–Crippen MR) is 66.5 cm³/mol. The fraction of sp³-hybridized carbons (Fsp3) is 0.923. The van der Waals surface area contributed by atoms with Gasteiger partial charge in [0, 0.05) is 5.54 Å². The van der Waals surface area contributed by atoms with Crippen LogP contribution in [0.3, 0.4) is 0 Å². The van der Waals surface area contributed by atoms with E-state index >= 15 is 0 Å². The largest absolute Gasteiger partial charge is 0.462 e. The lowest BCUT2D eigenvalue weighted by molar-refractivity contribution is -0.160. The molecule has 1 saturated heterocycles. The Balaban J connectivity index is 2.69. The molecule has 0 aromatic rings. The number of carbonyl (C=O) groups excluding carboxylic acids is 1. The van der Waals surface area contributed by atoms with E-state index in [4.69, 9.17) is 15.2 Å². The van der Waals surface area contributed by atoms with Crippen LogP contribution in [0.2, 0.25) is 0 Å². The average Bonchev–Trinajstić information content (AvgIpc) is 2.94. The zero-order valence-corrected chi connectivity index (χ0v) is 11.6. The van der Waals surface area contributed by atoms with Crippen LogP contribution in [0.1, 0.15) is 41.0 Å². The van der Waals surface area contributed by atoms with Crippen LogP contribution in [0.15, 0.2) is 0 Å². The molecule has 2 atom stereocenters. The Labute approximate surface area is 104 Å². The Kier molecular flexibility index (Phi) is 4.20. The molecule has 100 valence electrons. The summed E-state index contributed by atoms with van der Waals surface area (Å²) in [5, 5.41) is 0. The highest BCUT2D eigenvalue weighted by atomic mass is 16.6. The number of ether oxygens (including phenoxy) is 2. The van der Waals surface area contributed by atoms with E-state index in [1.54, 1.807) is 0 Å². The molecule has 0 aromatic heterocycles. The summed E-state index contributed by atoms with van der Waals surface area (Å²) in [6.07, 6.45) is 0.823. The summed E-state index contributed by atoms with van der Waals surface area (Å²) in [6.45, 7) is 10.9. The van der Waals surface area contributed by atoms with Crippen molar-refractivity contribution in [2.24, 2.45) is 17.1 Å². The fourth-order valence-electron chi connectivity index (χ4n) is 1.92. The summed E-state index contributed by atoms with van der Waals surface area (Å²) < 4.78 is 10.3. The summed E-state index contributed by atoms with van der Waals surface area (Å²) >= 11 is 0. The van der Waals surface area contributed by atoms with Crippen molar-refractivity contribution in [3.8, 4) is 0 Å². The second-order valence-electron chi connectivity index (χ2n) is 6.21. The highest BCUT2D eigenvalue weighted by molar-refractivity contribution is 5.78. The maximum absolute atomic E-state index is 12.2. The van der Waals surface area contributed by atoms with Crippen LogP contribution in [0.5, 0.6) is 0 Å². The number of esters is 1. The zero-order valence-electron chi connectivity index (χ0n) is 11.6. The number of hydrogen-bond acceptors (Lipinski definition) is 4.